The van der Waals surface area contributed by atoms with Crippen molar-refractivity contribution < 1.29 is 19.4 Å². The second-order valence-corrected chi connectivity index (χ2v) is 11.7. The molecule has 218 valence electrons. The monoisotopic (exact) mass is 572 g/mol. The molecule has 0 bridgehead atoms. The van der Waals surface area contributed by atoms with Gasteiger partial charge in [0, 0.05) is 35.7 Å². The van der Waals surface area contributed by atoms with E-state index in [4.69, 9.17) is 9.47 Å². The smallest absolute Gasteiger partial charge is 0.252 e. The summed E-state index contributed by atoms with van der Waals surface area (Å²) < 4.78 is 12.1. The van der Waals surface area contributed by atoms with Gasteiger partial charge in [0.25, 0.3) is 5.91 Å². The molecule has 43 heavy (non-hydrogen) atoms. The second-order valence-electron chi connectivity index (χ2n) is 11.7. The fourth-order valence-electron chi connectivity index (χ4n) is 6.11. The number of hydrogen-bond acceptors (Lipinski definition) is 5. The van der Waals surface area contributed by atoms with Crippen LogP contribution < -0.4 is 20.1 Å². The van der Waals surface area contributed by atoms with E-state index in [0.29, 0.717) is 48.1 Å². The van der Waals surface area contributed by atoms with E-state index in [-0.39, 0.29) is 11.9 Å². The molecule has 0 unspecified atom stereocenters. The summed E-state index contributed by atoms with van der Waals surface area (Å²) >= 11 is 0. The van der Waals surface area contributed by atoms with Crippen LogP contribution in [0, 0.1) is 0 Å². The van der Waals surface area contributed by atoms with E-state index in [2.05, 4.69) is 28.8 Å². The van der Waals surface area contributed by atoms with Gasteiger partial charge < -0.3 is 25.2 Å². The van der Waals surface area contributed by atoms with Gasteiger partial charge in [0.05, 0.1) is 24.3 Å². The topological polar surface area (TPSA) is 79.8 Å². The van der Waals surface area contributed by atoms with Gasteiger partial charge in [-0.3, -0.25) is 4.79 Å². The molecule has 7 rings (SSSR count). The molecule has 1 fully saturated rings. The molecular formula is C37H36N2O4. The molecule has 3 aliphatic rings. The van der Waals surface area contributed by atoms with Gasteiger partial charge in [0.1, 0.15) is 17.2 Å². The highest BCUT2D eigenvalue weighted by Crippen LogP contribution is 2.43. The van der Waals surface area contributed by atoms with Gasteiger partial charge in [0.15, 0.2) is 0 Å². The number of carbonyl (C=O) groups excluding carboxylic acids is 1. The van der Waals surface area contributed by atoms with E-state index in [1.54, 1.807) is 0 Å². The summed E-state index contributed by atoms with van der Waals surface area (Å²) in [5.41, 5.74) is 5.62. The Kier molecular flexibility index (Phi) is 7.71. The number of nitrogens with one attached hydrogen (secondary N) is 2. The molecule has 1 aliphatic carbocycles. The zero-order chi connectivity index (χ0) is 29.2. The number of benzene rings is 4. The first-order valence-electron chi connectivity index (χ1n) is 15.2. The highest BCUT2D eigenvalue weighted by molar-refractivity contribution is 6.25. The number of aliphatic hydroxyl groups excluding tert-OH is 1. The SMILES string of the molecule is O=C(N[C@@H](Cc1ccccc1)[C@H](O)CN[C@H]1CCOc2ccc(C3CC3)cc21)C1=Cc2ccccc2Oc2ccccc21. The lowest BCUT2D eigenvalue weighted by atomic mass is 9.95. The number of fused-ring (bicyclic) bond motifs is 3. The van der Waals surface area contributed by atoms with E-state index in [1.165, 1.54) is 18.4 Å². The lowest BCUT2D eigenvalue weighted by Gasteiger charge is -2.30. The first-order chi connectivity index (χ1) is 21.1. The predicted molar refractivity (Wildman–Crippen MR) is 168 cm³/mol. The summed E-state index contributed by atoms with van der Waals surface area (Å²) in [6.45, 7) is 0.960. The third kappa shape index (κ3) is 6.07. The number of amides is 1. The van der Waals surface area contributed by atoms with Crippen LogP contribution in [0.15, 0.2) is 97.1 Å². The van der Waals surface area contributed by atoms with Crippen LogP contribution in [0.3, 0.4) is 0 Å². The van der Waals surface area contributed by atoms with E-state index >= 15 is 0 Å². The van der Waals surface area contributed by atoms with Crippen LogP contribution in [0.25, 0.3) is 11.6 Å². The Morgan fingerprint density at radius 1 is 0.860 bits per heavy atom. The lowest BCUT2D eigenvalue weighted by molar-refractivity contribution is -0.117. The minimum atomic E-state index is -0.827. The molecule has 1 amide bonds. The molecule has 0 radical (unpaired) electrons. The summed E-state index contributed by atoms with van der Waals surface area (Å²) in [5.74, 6) is 2.64. The van der Waals surface area contributed by atoms with E-state index in [9.17, 15) is 9.90 Å². The third-order valence-electron chi connectivity index (χ3n) is 8.64. The number of aliphatic hydroxyl groups is 1. The Balaban J connectivity index is 1.13. The Morgan fingerprint density at radius 3 is 2.47 bits per heavy atom. The molecule has 0 aromatic heterocycles. The van der Waals surface area contributed by atoms with Crippen molar-refractivity contribution in [1.29, 1.82) is 0 Å². The van der Waals surface area contributed by atoms with Crippen molar-refractivity contribution in [3.63, 3.8) is 0 Å². The Morgan fingerprint density at radius 2 is 1.63 bits per heavy atom. The van der Waals surface area contributed by atoms with Crippen LogP contribution in [-0.2, 0) is 11.2 Å². The molecule has 0 spiro atoms. The molecule has 3 N–H and O–H groups in total. The van der Waals surface area contributed by atoms with Crippen molar-refractivity contribution in [3.8, 4) is 17.2 Å². The van der Waals surface area contributed by atoms with Crippen molar-refractivity contribution in [2.45, 2.75) is 49.8 Å². The van der Waals surface area contributed by atoms with Gasteiger partial charge in [-0.1, -0.05) is 78.9 Å². The van der Waals surface area contributed by atoms with E-state index < -0.39 is 12.1 Å². The average molecular weight is 573 g/mol. The first-order valence-corrected chi connectivity index (χ1v) is 15.2. The summed E-state index contributed by atoms with van der Waals surface area (Å²) in [4.78, 5) is 14.0. The fraction of sp³-hybridized carbons (Fsp3) is 0.270. The summed E-state index contributed by atoms with van der Waals surface area (Å²) in [5, 5.41) is 18.4. The Labute approximate surface area is 252 Å². The van der Waals surface area contributed by atoms with E-state index in [0.717, 1.165) is 28.9 Å². The minimum Gasteiger partial charge on any atom is -0.493 e. The molecule has 3 atom stereocenters. The molecule has 2 aliphatic heterocycles. The predicted octanol–water partition coefficient (Wildman–Crippen LogP) is 6.41. The van der Waals surface area contributed by atoms with E-state index in [1.807, 2.05) is 84.9 Å². The minimum absolute atomic E-state index is 0.0790. The maximum absolute atomic E-state index is 14.0. The lowest BCUT2D eigenvalue weighted by Crippen LogP contribution is -2.49. The van der Waals surface area contributed by atoms with Crippen LogP contribution in [0.2, 0.25) is 0 Å². The number of hydrogen-bond donors (Lipinski definition) is 3. The van der Waals surface area contributed by atoms with Gasteiger partial charge in [-0.15, -0.1) is 0 Å². The number of rotatable bonds is 9. The fourth-order valence-corrected chi connectivity index (χ4v) is 6.11. The molecule has 0 saturated heterocycles. The molecule has 4 aromatic carbocycles. The van der Waals surface area contributed by atoms with Gasteiger partial charge in [-0.25, -0.2) is 0 Å². The number of carbonyl (C=O) groups is 1. The molecule has 2 heterocycles. The summed E-state index contributed by atoms with van der Waals surface area (Å²) in [7, 11) is 0. The zero-order valence-electron chi connectivity index (χ0n) is 24.0. The highest BCUT2D eigenvalue weighted by Gasteiger charge is 2.30. The summed E-state index contributed by atoms with van der Waals surface area (Å²) in [6, 6.07) is 31.4. The van der Waals surface area contributed by atoms with Crippen molar-refractivity contribution in [3.05, 3.63) is 125 Å². The largest absolute Gasteiger partial charge is 0.493 e. The maximum atomic E-state index is 14.0. The van der Waals surface area contributed by atoms with Crippen LogP contribution in [0.1, 0.15) is 59.0 Å². The standard InChI is InChI=1S/C37H36N2O4/c40-33(23-38-31-18-19-42-35-17-16-26(21-30(31)35)25-14-15-25)32(20-24-8-2-1-3-9-24)39-37(41)29-22-27-10-4-6-12-34(27)43-36-13-7-5-11-28(29)36/h1-13,16-17,21-22,25,31-33,38,40H,14-15,18-20,23H2,(H,39,41)/t31-,32-,33+/m0/s1. The molecule has 6 heteroatoms. The van der Waals surface area contributed by atoms with Gasteiger partial charge in [-0.2, -0.15) is 0 Å². The first kappa shape index (κ1) is 27.4. The van der Waals surface area contributed by atoms with Crippen LogP contribution in [0.4, 0.5) is 0 Å². The summed E-state index contributed by atoms with van der Waals surface area (Å²) in [6.07, 6.45) is 4.86. The third-order valence-corrected chi connectivity index (χ3v) is 8.64. The van der Waals surface area contributed by atoms with Crippen LogP contribution in [0.5, 0.6) is 17.2 Å². The Bertz CT molecular complexity index is 1650. The van der Waals surface area contributed by atoms with Crippen LogP contribution in [-0.4, -0.2) is 36.3 Å². The van der Waals surface area contributed by atoms with Gasteiger partial charge >= 0.3 is 0 Å². The average Bonchev–Trinajstić information content (AvgIpc) is 3.90. The molecular weight excluding hydrogens is 536 g/mol. The highest BCUT2D eigenvalue weighted by atomic mass is 16.5. The molecule has 1 saturated carbocycles. The van der Waals surface area contributed by atoms with Crippen molar-refractivity contribution in [2.75, 3.05) is 13.2 Å². The molecule has 6 nitrogen and oxygen atoms in total. The van der Waals surface area contributed by atoms with Crippen molar-refractivity contribution in [2.24, 2.45) is 0 Å². The van der Waals surface area contributed by atoms with Gasteiger partial charge in [0.2, 0.25) is 0 Å². The van der Waals surface area contributed by atoms with Crippen molar-refractivity contribution >= 4 is 17.6 Å². The number of ether oxygens (including phenoxy) is 2. The van der Waals surface area contributed by atoms with Crippen molar-refractivity contribution in [1.82, 2.24) is 10.6 Å². The Hall–Kier alpha value is -4.39. The number of para-hydroxylation sites is 2. The zero-order valence-corrected chi connectivity index (χ0v) is 24.0. The molecule has 4 aromatic rings. The quantitative estimate of drug-likeness (QED) is 0.216. The van der Waals surface area contributed by atoms with Crippen LogP contribution >= 0.6 is 0 Å². The van der Waals surface area contributed by atoms with Gasteiger partial charge in [-0.05, 0) is 60.6 Å². The second kappa shape index (κ2) is 12.1. The maximum Gasteiger partial charge on any atom is 0.252 e. The normalized spacial score (nSPS) is 18.3.